The molecule has 1 saturated heterocycles. The number of carbonyl (C=O) groups excluding carboxylic acids is 2. The maximum Gasteiger partial charge on any atom is 0.309 e. The first kappa shape index (κ1) is 24.6. The Bertz CT molecular complexity index is 1340. The second-order valence-corrected chi connectivity index (χ2v) is 10.5. The number of aromatic nitrogens is 3. The quantitative estimate of drug-likeness (QED) is 0.468. The van der Waals surface area contributed by atoms with Crippen LogP contribution in [0.5, 0.6) is 0 Å². The summed E-state index contributed by atoms with van der Waals surface area (Å²) in [5.41, 5.74) is 0.269. The van der Waals surface area contributed by atoms with E-state index in [4.69, 9.17) is 4.42 Å². The number of pyridine rings is 1. The number of carbonyl (C=O) groups is 2. The molecule has 1 aliphatic heterocycles. The van der Waals surface area contributed by atoms with E-state index in [-0.39, 0.29) is 23.3 Å². The van der Waals surface area contributed by atoms with Crippen LogP contribution in [0.4, 0.5) is 8.78 Å². The molecule has 198 valence electrons. The van der Waals surface area contributed by atoms with E-state index >= 15 is 0 Å². The van der Waals surface area contributed by atoms with Crippen LogP contribution in [0.1, 0.15) is 48.5 Å². The van der Waals surface area contributed by atoms with Gasteiger partial charge >= 0.3 is 11.8 Å². The number of piperidine rings is 1. The molecule has 0 radical (unpaired) electrons. The van der Waals surface area contributed by atoms with Crippen molar-refractivity contribution in [1.29, 1.82) is 0 Å². The van der Waals surface area contributed by atoms with Crippen molar-refractivity contribution in [3.05, 3.63) is 65.8 Å². The van der Waals surface area contributed by atoms with Crippen molar-refractivity contribution in [2.24, 2.45) is 11.8 Å². The van der Waals surface area contributed by atoms with Gasteiger partial charge in [0.15, 0.2) is 0 Å². The van der Waals surface area contributed by atoms with Crippen molar-refractivity contribution in [3.8, 4) is 11.5 Å². The van der Waals surface area contributed by atoms with Crippen molar-refractivity contribution in [2.45, 2.75) is 43.7 Å². The van der Waals surface area contributed by atoms with Crippen LogP contribution in [0, 0.1) is 23.5 Å². The lowest BCUT2D eigenvalue weighted by molar-refractivity contribution is -0.128. The number of benzene rings is 1. The van der Waals surface area contributed by atoms with Gasteiger partial charge < -0.3 is 20.0 Å². The van der Waals surface area contributed by atoms with Crippen LogP contribution in [0.25, 0.3) is 11.5 Å². The smallest absolute Gasteiger partial charge is 0.309 e. The van der Waals surface area contributed by atoms with Gasteiger partial charge in [0.2, 0.25) is 5.91 Å². The van der Waals surface area contributed by atoms with Crippen molar-refractivity contribution < 1.29 is 22.8 Å². The molecule has 9 nitrogen and oxygen atoms in total. The Labute approximate surface area is 218 Å². The fraction of sp³-hybridized carbons (Fsp3) is 0.444. The predicted octanol–water partition coefficient (Wildman–Crippen LogP) is 3.05. The number of amides is 2. The minimum atomic E-state index is -0.873. The Balaban J connectivity index is 1.17. The number of nitrogens with one attached hydrogen (secondary N) is 2. The standard InChI is InChI=1S/C27H28F2N6O3/c28-17-6-7-18(20(29)13-17)25-33-34-26(38-25)24(37)31-21-8-12-35(14-16-4-5-16)15-19(21)23(36)32-27(9-10-27)22-3-1-2-11-30-22/h1-3,6-7,11,13,16,19,21H,4-5,8-10,12,14-15H2,(H,31,37)(H,32,36)/t19-,21-/m1/s1. The zero-order chi connectivity index (χ0) is 26.3. The molecule has 3 fully saturated rings. The molecule has 2 saturated carbocycles. The molecule has 11 heteroatoms. The Morgan fingerprint density at radius 3 is 2.66 bits per heavy atom. The summed E-state index contributed by atoms with van der Waals surface area (Å²) in [5.74, 6) is -2.77. The zero-order valence-corrected chi connectivity index (χ0v) is 20.7. The van der Waals surface area contributed by atoms with Gasteiger partial charge in [0.05, 0.1) is 22.7 Å². The minimum Gasteiger partial charge on any atom is -0.412 e. The number of nitrogens with zero attached hydrogens (tertiary/aromatic N) is 4. The van der Waals surface area contributed by atoms with Gasteiger partial charge in [-0.2, -0.15) is 0 Å². The van der Waals surface area contributed by atoms with E-state index in [0.29, 0.717) is 24.9 Å². The first-order chi connectivity index (χ1) is 18.4. The molecule has 38 heavy (non-hydrogen) atoms. The van der Waals surface area contributed by atoms with Crippen molar-refractivity contribution in [2.75, 3.05) is 19.6 Å². The summed E-state index contributed by atoms with van der Waals surface area (Å²) in [6.07, 6.45) is 6.36. The lowest BCUT2D eigenvalue weighted by Gasteiger charge is -2.38. The number of likely N-dealkylation sites (tertiary alicyclic amines) is 1. The third-order valence-electron chi connectivity index (χ3n) is 7.61. The molecule has 0 unspecified atom stereocenters. The van der Waals surface area contributed by atoms with Crippen molar-refractivity contribution in [1.82, 2.24) is 30.7 Å². The summed E-state index contributed by atoms with van der Waals surface area (Å²) < 4.78 is 32.8. The molecular weight excluding hydrogens is 494 g/mol. The van der Waals surface area contributed by atoms with Crippen LogP contribution in [0.2, 0.25) is 0 Å². The Hall–Kier alpha value is -3.73. The van der Waals surface area contributed by atoms with Gasteiger partial charge in [0.1, 0.15) is 11.6 Å². The minimum absolute atomic E-state index is 0.104. The van der Waals surface area contributed by atoms with E-state index in [0.717, 1.165) is 37.7 Å². The average Bonchev–Trinajstić information content (AvgIpc) is 3.84. The van der Waals surface area contributed by atoms with Crippen LogP contribution in [0.15, 0.2) is 47.0 Å². The van der Waals surface area contributed by atoms with Gasteiger partial charge in [-0.15, -0.1) is 10.2 Å². The van der Waals surface area contributed by atoms with Gasteiger partial charge in [-0.3, -0.25) is 14.6 Å². The molecule has 1 aromatic carbocycles. The Kier molecular flexibility index (Phi) is 6.38. The van der Waals surface area contributed by atoms with Gasteiger partial charge in [-0.05, 0) is 62.3 Å². The van der Waals surface area contributed by atoms with Gasteiger partial charge in [-0.1, -0.05) is 6.07 Å². The summed E-state index contributed by atoms with van der Waals surface area (Å²) in [5, 5.41) is 13.6. The summed E-state index contributed by atoms with van der Waals surface area (Å²) in [6.45, 7) is 2.24. The lowest BCUT2D eigenvalue weighted by Crippen LogP contribution is -2.57. The van der Waals surface area contributed by atoms with Gasteiger partial charge in [0, 0.05) is 37.9 Å². The fourth-order valence-corrected chi connectivity index (χ4v) is 5.15. The second kappa shape index (κ2) is 9.86. The molecule has 6 rings (SSSR count). The van der Waals surface area contributed by atoms with Crippen LogP contribution in [0.3, 0.4) is 0 Å². The summed E-state index contributed by atoms with van der Waals surface area (Å²) >= 11 is 0. The summed E-state index contributed by atoms with van der Waals surface area (Å²) in [4.78, 5) is 33.4. The molecule has 2 amide bonds. The largest absolute Gasteiger partial charge is 0.412 e. The van der Waals surface area contributed by atoms with E-state index in [1.807, 2.05) is 18.2 Å². The monoisotopic (exact) mass is 522 g/mol. The van der Waals surface area contributed by atoms with E-state index < -0.39 is 35.0 Å². The molecule has 2 N–H and O–H groups in total. The molecule has 3 heterocycles. The van der Waals surface area contributed by atoms with E-state index in [9.17, 15) is 18.4 Å². The highest BCUT2D eigenvalue weighted by molar-refractivity contribution is 5.91. The molecule has 3 aromatic rings. The molecule has 2 aromatic heterocycles. The normalized spacial score (nSPS) is 22.6. The highest BCUT2D eigenvalue weighted by Gasteiger charge is 2.49. The molecular formula is C27H28F2N6O3. The van der Waals surface area contributed by atoms with E-state index in [1.165, 1.54) is 18.9 Å². The highest BCUT2D eigenvalue weighted by Crippen LogP contribution is 2.45. The molecule has 2 atom stereocenters. The molecule has 2 aliphatic carbocycles. The topological polar surface area (TPSA) is 113 Å². The number of hydrogen-bond donors (Lipinski definition) is 2. The predicted molar refractivity (Wildman–Crippen MR) is 131 cm³/mol. The number of rotatable bonds is 8. The van der Waals surface area contributed by atoms with Crippen LogP contribution < -0.4 is 10.6 Å². The third kappa shape index (κ3) is 5.15. The SMILES string of the molecule is O=C(N[C@@H]1CCN(CC2CC2)C[C@H]1C(=O)NC1(c2ccccn2)CC1)c1nnc(-c2ccc(F)cc2F)o1. The van der Waals surface area contributed by atoms with Crippen LogP contribution in [-0.2, 0) is 10.3 Å². The third-order valence-corrected chi connectivity index (χ3v) is 7.61. The number of halogens is 2. The Morgan fingerprint density at radius 1 is 1.11 bits per heavy atom. The fourth-order valence-electron chi connectivity index (χ4n) is 5.15. The first-order valence-corrected chi connectivity index (χ1v) is 13.0. The average molecular weight is 523 g/mol. The maximum absolute atomic E-state index is 14.1. The first-order valence-electron chi connectivity index (χ1n) is 13.0. The second-order valence-electron chi connectivity index (χ2n) is 10.5. The summed E-state index contributed by atoms with van der Waals surface area (Å²) in [6, 6.07) is 8.17. The molecule has 3 aliphatic rings. The van der Waals surface area contributed by atoms with E-state index in [1.54, 1.807) is 6.20 Å². The van der Waals surface area contributed by atoms with Crippen molar-refractivity contribution in [3.63, 3.8) is 0 Å². The Morgan fingerprint density at radius 2 is 1.95 bits per heavy atom. The molecule has 0 bridgehead atoms. The van der Waals surface area contributed by atoms with Gasteiger partial charge in [-0.25, -0.2) is 8.78 Å². The highest BCUT2D eigenvalue weighted by atomic mass is 19.1. The molecule has 0 spiro atoms. The summed E-state index contributed by atoms with van der Waals surface area (Å²) in [7, 11) is 0. The number of hydrogen-bond acceptors (Lipinski definition) is 7. The zero-order valence-electron chi connectivity index (χ0n) is 20.7. The maximum atomic E-state index is 14.1. The van der Waals surface area contributed by atoms with Crippen molar-refractivity contribution >= 4 is 11.8 Å². The van der Waals surface area contributed by atoms with E-state index in [2.05, 4.69) is 30.7 Å². The van der Waals surface area contributed by atoms with Crippen LogP contribution >= 0.6 is 0 Å². The van der Waals surface area contributed by atoms with Gasteiger partial charge in [0.25, 0.3) is 5.89 Å². The lowest BCUT2D eigenvalue weighted by atomic mass is 9.90. The van der Waals surface area contributed by atoms with Crippen LogP contribution in [-0.4, -0.2) is 57.6 Å².